The third-order valence-electron chi connectivity index (χ3n) is 4.52. The Morgan fingerprint density at radius 1 is 1.46 bits per heavy atom. The van der Waals surface area contributed by atoms with Gasteiger partial charge in [0.2, 0.25) is 11.8 Å². The van der Waals surface area contributed by atoms with Crippen LogP contribution in [0, 0.1) is 18.3 Å². The van der Waals surface area contributed by atoms with Crippen molar-refractivity contribution in [2.45, 2.75) is 29.7 Å². The second-order valence-corrected chi connectivity index (χ2v) is 8.12. The fourth-order valence-electron chi connectivity index (χ4n) is 3.08. The molecule has 0 saturated carbocycles. The molecule has 1 aromatic carbocycles. The van der Waals surface area contributed by atoms with E-state index in [1.807, 2.05) is 37.3 Å². The summed E-state index contributed by atoms with van der Waals surface area (Å²) in [6.45, 7) is 3.41. The first-order valence-electron chi connectivity index (χ1n) is 8.66. The van der Waals surface area contributed by atoms with Gasteiger partial charge in [0.05, 0.1) is 12.2 Å². The summed E-state index contributed by atoms with van der Waals surface area (Å²) < 4.78 is 5.06. The highest BCUT2D eigenvalue weighted by atomic mass is 127. The number of carbonyl (C=O) groups is 1. The molecule has 3 rings (SSSR count). The van der Waals surface area contributed by atoms with Crippen molar-refractivity contribution in [2.24, 2.45) is 0 Å². The van der Waals surface area contributed by atoms with Gasteiger partial charge in [0.1, 0.15) is 11.8 Å². The van der Waals surface area contributed by atoms with E-state index >= 15 is 0 Å². The van der Waals surface area contributed by atoms with Crippen LogP contribution in [-0.2, 0) is 11.2 Å². The Morgan fingerprint density at radius 3 is 2.96 bits per heavy atom. The summed E-state index contributed by atoms with van der Waals surface area (Å²) in [5, 5.41) is 12.5. The average molecular weight is 464 g/mol. The van der Waals surface area contributed by atoms with Gasteiger partial charge < -0.3 is 14.6 Å². The third kappa shape index (κ3) is 4.07. The average Bonchev–Trinajstić information content (AvgIpc) is 3.23. The van der Waals surface area contributed by atoms with Gasteiger partial charge in [0, 0.05) is 25.1 Å². The van der Waals surface area contributed by atoms with Crippen molar-refractivity contribution in [1.29, 1.82) is 5.26 Å². The van der Waals surface area contributed by atoms with E-state index in [1.54, 1.807) is 4.90 Å². The number of benzene rings is 1. The summed E-state index contributed by atoms with van der Waals surface area (Å²) in [4.78, 5) is 18.6. The van der Waals surface area contributed by atoms with Crippen molar-refractivity contribution in [3.8, 4) is 17.5 Å². The second-order valence-electron chi connectivity index (χ2n) is 6.33. The maximum atomic E-state index is 12.4. The van der Waals surface area contributed by atoms with Gasteiger partial charge in [-0.2, -0.15) is 5.26 Å². The summed E-state index contributed by atoms with van der Waals surface area (Å²) in [5.41, 5.74) is 1.85. The molecule has 1 aliphatic heterocycles. The lowest BCUT2D eigenvalue weighted by molar-refractivity contribution is -0.130. The first kappa shape index (κ1) is 18.9. The fourth-order valence-corrected chi connectivity index (χ4v) is 3.98. The minimum atomic E-state index is -0.691. The summed E-state index contributed by atoms with van der Waals surface area (Å²) in [7, 11) is 0. The fraction of sp³-hybridized carbons (Fsp3) is 0.421. The van der Waals surface area contributed by atoms with Crippen molar-refractivity contribution < 1.29 is 9.21 Å². The summed E-state index contributed by atoms with van der Waals surface area (Å²) >= 11 is 2.08. The Kier molecular flexibility index (Phi) is 5.94. The van der Waals surface area contributed by atoms with Gasteiger partial charge in [-0.15, -0.1) is 0 Å². The number of halogens is 1. The molecule has 1 saturated heterocycles. The smallest absolute Gasteiger partial charge is 0.238 e. The zero-order valence-corrected chi connectivity index (χ0v) is 16.8. The van der Waals surface area contributed by atoms with Gasteiger partial charge in [-0.3, -0.25) is 4.79 Å². The maximum Gasteiger partial charge on any atom is 0.238 e. The van der Waals surface area contributed by atoms with Crippen LogP contribution in [0.3, 0.4) is 0 Å². The van der Waals surface area contributed by atoms with Crippen molar-refractivity contribution >= 4 is 28.5 Å². The van der Waals surface area contributed by atoms with Crippen LogP contribution in [0.1, 0.15) is 24.3 Å². The third-order valence-corrected chi connectivity index (χ3v) is 5.88. The standard InChI is InChI=1S/C19H21IN4O2/c1-14-16(23-18(26-14)15-6-3-2-4-7-15)8-10-22-12-17(25)24-11-5-9-19(24,20)13-21/h2-4,6-7,22H,5,8-12H2,1H3. The quantitative estimate of drug-likeness (QED) is 0.308. The van der Waals surface area contributed by atoms with Crippen LogP contribution in [0.25, 0.3) is 11.5 Å². The van der Waals surface area contributed by atoms with Crippen LogP contribution in [0.4, 0.5) is 0 Å². The number of hydrogen-bond donors (Lipinski definition) is 1. The first-order chi connectivity index (χ1) is 12.5. The number of carbonyl (C=O) groups excluding carboxylic acids is 1. The van der Waals surface area contributed by atoms with Gasteiger partial charge in [0.15, 0.2) is 3.55 Å². The van der Waals surface area contributed by atoms with Crippen LogP contribution in [0.15, 0.2) is 34.7 Å². The van der Waals surface area contributed by atoms with E-state index in [2.05, 4.69) is 39.0 Å². The summed E-state index contributed by atoms with van der Waals surface area (Å²) in [6.07, 6.45) is 2.29. The Labute approximate surface area is 166 Å². The molecule has 1 unspecified atom stereocenters. The van der Waals surface area contributed by atoms with Gasteiger partial charge in [-0.05, 0) is 54.5 Å². The molecule has 2 heterocycles. The lowest BCUT2D eigenvalue weighted by Crippen LogP contribution is -2.45. The molecule has 136 valence electrons. The molecule has 1 amide bonds. The van der Waals surface area contributed by atoms with Crippen LogP contribution >= 0.6 is 22.6 Å². The number of likely N-dealkylation sites (tertiary alicyclic amines) is 1. The number of amides is 1. The predicted molar refractivity (Wildman–Crippen MR) is 107 cm³/mol. The Morgan fingerprint density at radius 2 is 2.23 bits per heavy atom. The number of aryl methyl sites for hydroxylation is 1. The summed E-state index contributed by atoms with van der Waals surface area (Å²) in [6, 6.07) is 12.0. The maximum absolute atomic E-state index is 12.4. The van der Waals surface area contributed by atoms with E-state index < -0.39 is 3.55 Å². The minimum Gasteiger partial charge on any atom is -0.441 e. The van der Waals surface area contributed by atoms with Gasteiger partial charge in [-0.25, -0.2) is 4.98 Å². The van der Waals surface area contributed by atoms with E-state index in [4.69, 9.17) is 4.42 Å². The largest absolute Gasteiger partial charge is 0.441 e. The van der Waals surface area contributed by atoms with Gasteiger partial charge in [0.25, 0.3) is 0 Å². The van der Waals surface area contributed by atoms with Crippen molar-refractivity contribution in [2.75, 3.05) is 19.6 Å². The SMILES string of the molecule is Cc1oc(-c2ccccc2)nc1CCNCC(=O)N1CCCC1(I)C#N. The van der Waals surface area contributed by atoms with E-state index in [9.17, 15) is 10.1 Å². The number of alkyl halides is 1. The molecule has 0 aliphatic carbocycles. The Balaban J connectivity index is 1.51. The number of oxazole rings is 1. The highest BCUT2D eigenvalue weighted by Crippen LogP contribution is 2.34. The minimum absolute atomic E-state index is 0.0275. The monoisotopic (exact) mass is 464 g/mol. The number of hydrogen-bond acceptors (Lipinski definition) is 5. The number of rotatable bonds is 6. The second kappa shape index (κ2) is 8.18. The Bertz CT molecular complexity index is 815. The molecule has 0 radical (unpaired) electrons. The molecule has 1 aliphatic rings. The zero-order chi connectivity index (χ0) is 18.6. The van der Waals surface area contributed by atoms with Crippen LogP contribution in [0.5, 0.6) is 0 Å². The first-order valence-corrected chi connectivity index (χ1v) is 9.74. The molecule has 26 heavy (non-hydrogen) atoms. The topological polar surface area (TPSA) is 82.2 Å². The number of aromatic nitrogens is 1. The molecule has 2 aromatic rings. The molecule has 0 bridgehead atoms. The lowest BCUT2D eigenvalue weighted by Gasteiger charge is -2.27. The molecule has 7 heteroatoms. The van der Waals surface area contributed by atoms with Crippen molar-refractivity contribution in [1.82, 2.24) is 15.2 Å². The molecule has 6 nitrogen and oxygen atoms in total. The molecule has 1 atom stereocenters. The molecular weight excluding hydrogens is 443 g/mol. The summed E-state index contributed by atoms with van der Waals surface area (Å²) in [5.74, 6) is 1.39. The lowest BCUT2D eigenvalue weighted by atomic mass is 10.2. The number of nitriles is 1. The highest BCUT2D eigenvalue weighted by molar-refractivity contribution is 14.1. The molecule has 1 N–H and O–H groups in total. The highest BCUT2D eigenvalue weighted by Gasteiger charge is 2.41. The molecule has 1 fully saturated rings. The van der Waals surface area contributed by atoms with E-state index in [-0.39, 0.29) is 12.5 Å². The van der Waals surface area contributed by atoms with Gasteiger partial charge in [-0.1, -0.05) is 18.2 Å². The van der Waals surface area contributed by atoms with E-state index in [1.165, 1.54) is 0 Å². The zero-order valence-electron chi connectivity index (χ0n) is 14.7. The number of nitrogens with one attached hydrogen (secondary N) is 1. The van der Waals surface area contributed by atoms with E-state index in [0.717, 1.165) is 29.9 Å². The molecule has 0 spiro atoms. The van der Waals surface area contributed by atoms with Crippen LogP contribution in [0.2, 0.25) is 0 Å². The normalized spacial score (nSPS) is 19.5. The van der Waals surface area contributed by atoms with Crippen LogP contribution in [-0.4, -0.2) is 39.0 Å². The molecule has 1 aromatic heterocycles. The Hall–Kier alpha value is -1.92. The van der Waals surface area contributed by atoms with Crippen molar-refractivity contribution in [3.63, 3.8) is 0 Å². The number of nitrogens with zero attached hydrogens (tertiary/aromatic N) is 3. The van der Waals surface area contributed by atoms with Crippen LogP contribution < -0.4 is 5.32 Å². The van der Waals surface area contributed by atoms with Gasteiger partial charge >= 0.3 is 0 Å². The van der Waals surface area contributed by atoms with Crippen molar-refractivity contribution in [3.05, 3.63) is 41.8 Å². The van der Waals surface area contributed by atoms with E-state index in [0.29, 0.717) is 25.4 Å². The predicted octanol–water partition coefficient (Wildman–Crippen LogP) is 3.06. The molecular formula is C19H21IN4O2.